The van der Waals surface area contributed by atoms with Gasteiger partial charge in [0.1, 0.15) is 5.60 Å². The van der Waals surface area contributed by atoms with E-state index in [1.54, 1.807) is 20.8 Å². The van der Waals surface area contributed by atoms with E-state index in [1.165, 1.54) is 0 Å². The average molecular weight is 235 g/mol. The third kappa shape index (κ3) is 7.42. The lowest BCUT2D eigenvalue weighted by molar-refractivity contribution is -0.00162. The van der Waals surface area contributed by atoms with Gasteiger partial charge in [0.05, 0.1) is 0 Å². The molecule has 0 unspecified atom stereocenters. The van der Waals surface area contributed by atoms with E-state index in [0.717, 1.165) is 0 Å². The summed E-state index contributed by atoms with van der Waals surface area (Å²) in [7, 11) is 0. The Morgan fingerprint density at radius 3 is 2.50 bits per heavy atom. The van der Waals surface area contributed by atoms with Crippen LogP contribution in [0.1, 0.15) is 20.8 Å². The maximum Gasteiger partial charge on any atom is 0.509 e. The van der Waals surface area contributed by atoms with E-state index in [4.69, 9.17) is 4.74 Å². The van der Waals surface area contributed by atoms with Crippen molar-refractivity contribution in [1.29, 1.82) is 0 Å². The number of hydrogen-bond donors (Lipinski definition) is 0. The maximum atomic E-state index is 10.8. The maximum absolute atomic E-state index is 10.8. The van der Waals surface area contributed by atoms with Crippen molar-refractivity contribution in [3.8, 4) is 10.8 Å². The highest BCUT2D eigenvalue weighted by molar-refractivity contribution is 9.12. The van der Waals surface area contributed by atoms with Crippen LogP contribution in [0.2, 0.25) is 0 Å². The van der Waals surface area contributed by atoms with Crippen LogP contribution in [0.4, 0.5) is 4.79 Å². The van der Waals surface area contributed by atoms with Crippen LogP contribution in [0.25, 0.3) is 0 Å². The van der Waals surface area contributed by atoms with Crippen molar-refractivity contribution in [2.75, 3.05) is 6.61 Å². The Labute approximate surface area is 80.5 Å². The molecule has 0 N–H and O–H groups in total. The van der Waals surface area contributed by atoms with Crippen LogP contribution in [0.15, 0.2) is 0 Å². The molecule has 0 aromatic rings. The molecule has 0 saturated carbocycles. The fourth-order valence-corrected chi connectivity index (χ4v) is 0.516. The molecule has 0 aromatic carbocycles. The highest BCUT2D eigenvalue weighted by Crippen LogP contribution is 2.07. The first kappa shape index (κ1) is 11.3. The third-order valence-corrected chi connectivity index (χ3v) is 0.999. The predicted molar refractivity (Wildman–Crippen MR) is 48.9 cm³/mol. The summed E-state index contributed by atoms with van der Waals surface area (Å²) in [5, 5.41) is 0. The molecule has 0 atom stereocenters. The van der Waals surface area contributed by atoms with Gasteiger partial charge in [-0.15, -0.1) is 0 Å². The lowest BCUT2D eigenvalue weighted by Gasteiger charge is -2.18. The van der Waals surface area contributed by atoms with E-state index in [2.05, 4.69) is 31.4 Å². The lowest BCUT2D eigenvalue weighted by Crippen LogP contribution is -2.24. The minimum Gasteiger partial charge on any atom is -0.429 e. The van der Waals surface area contributed by atoms with E-state index in [1.807, 2.05) is 0 Å². The molecule has 0 rings (SSSR count). The minimum atomic E-state index is -0.697. The van der Waals surface area contributed by atoms with Crippen molar-refractivity contribution in [2.45, 2.75) is 26.4 Å². The van der Waals surface area contributed by atoms with Gasteiger partial charge in [0.2, 0.25) is 0 Å². The summed E-state index contributed by atoms with van der Waals surface area (Å²) in [6, 6.07) is 0. The fourth-order valence-electron chi connectivity index (χ4n) is 0.402. The van der Waals surface area contributed by atoms with E-state index in [0.29, 0.717) is 0 Å². The topological polar surface area (TPSA) is 35.5 Å². The van der Waals surface area contributed by atoms with E-state index < -0.39 is 11.8 Å². The first-order valence-electron chi connectivity index (χ1n) is 3.40. The quantitative estimate of drug-likeness (QED) is 0.516. The molecular weight excluding hydrogens is 224 g/mol. The molecule has 0 spiro atoms. The largest absolute Gasteiger partial charge is 0.509 e. The van der Waals surface area contributed by atoms with Gasteiger partial charge >= 0.3 is 6.16 Å². The normalized spacial score (nSPS) is 9.67. The monoisotopic (exact) mass is 234 g/mol. The van der Waals surface area contributed by atoms with Crippen molar-refractivity contribution in [2.24, 2.45) is 0 Å². The van der Waals surface area contributed by atoms with Crippen molar-refractivity contribution in [1.82, 2.24) is 0 Å². The summed E-state index contributed by atoms with van der Waals surface area (Å²) in [5.41, 5.74) is -0.515. The summed E-state index contributed by atoms with van der Waals surface area (Å²) in [4.78, 5) is 13.2. The first-order chi connectivity index (χ1) is 5.45. The third-order valence-electron chi connectivity index (χ3n) is 0.719. The van der Waals surface area contributed by atoms with Gasteiger partial charge in [-0.05, 0) is 31.5 Å². The number of carbonyl (C=O) groups excluding carboxylic acids is 1. The van der Waals surface area contributed by atoms with Crippen molar-refractivity contribution in [3.63, 3.8) is 0 Å². The molecule has 3 nitrogen and oxygen atoms in total. The molecule has 0 aliphatic carbocycles. The molecule has 0 aromatic heterocycles. The second kappa shape index (κ2) is 5.04. The van der Waals surface area contributed by atoms with Crippen LogP contribution < -0.4 is 0 Å². The zero-order valence-electron chi connectivity index (χ0n) is 7.31. The van der Waals surface area contributed by atoms with Gasteiger partial charge in [0.15, 0.2) is 6.61 Å². The lowest BCUT2D eigenvalue weighted by atomic mass is 10.2. The molecule has 0 radical (unpaired) electrons. The standard InChI is InChI=1S/C8H11BrO3/c1-8(2,3)12-7(10)11-6-4-5-9/h6H2,1-3H3. The Kier molecular flexibility index (Phi) is 4.75. The molecule has 12 heavy (non-hydrogen) atoms. The summed E-state index contributed by atoms with van der Waals surface area (Å²) in [5.74, 6) is 2.51. The zero-order valence-corrected chi connectivity index (χ0v) is 8.90. The van der Waals surface area contributed by atoms with Crippen LogP contribution >= 0.6 is 15.9 Å². The van der Waals surface area contributed by atoms with Crippen LogP contribution in [0.3, 0.4) is 0 Å². The van der Waals surface area contributed by atoms with Crippen molar-refractivity contribution < 1.29 is 14.3 Å². The smallest absolute Gasteiger partial charge is 0.429 e. The highest BCUT2D eigenvalue weighted by Gasteiger charge is 2.16. The Bertz CT molecular complexity index is 207. The fraction of sp³-hybridized carbons (Fsp3) is 0.625. The van der Waals surface area contributed by atoms with Gasteiger partial charge in [-0.25, -0.2) is 4.79 Å². The van der Waals surface area contributed by atoms with Gasteiger partial charge in [-0.2, -0.15) is 0 Å². The number of ether oxygens (including phenoxy) is 2. The second-order valence-electron chi connectivity index (χ2n) is 3.02. The molecule has 0 heterocycles. The van der Waals surface area contributed by atoms with E-state index >= 15 is 0 Å². The van der Waals surface area contributed by atoms with E-state index in [9.17, 15) is 4.79 Å². The van der Waals surface area contributed by atoms with Gasteiger partial charge in [-0.3, -0.25) is 0 Å². The van der Waals surface area contributed by atoms with Gasteiger partial charge in [0.25, 0.3) is 0 Å². The van der Waals surface area contributed by atoms with Gasteiger partial charge in [-0.1, -0.05) is 0 Å². The molecule has 0 aliphatic heterocycles. The molecular formula is C8H11BrO3. The molecule has 0 fully saturated rings. The van der Waals surface area contributed by atoms with Gasteiger partial charge in [0, 0.05) is 15.9 Å². The summed E-state index contributed by atoms with van der Waals surface area (Å²) in [6.45, 7) is 5.35. The predicted octanol–water partition coefficient (Wildman–Crippen LogP) is 2.29. The molecule has 0 aliphatic rings. The summed E-state index contributed by atoms with van der Waals surface area (Å²) >= 11 is 2.87. The summed E-state index contributed by atoms with van der Waals surface area (Å²) in [6.07, 6.45) is -0.697. The molecule has 4 heteroatoms. The molecule has 0 amide bonds. The highest BCUT2D eigenvalue weighted by atomic mass is 79.9. The van der Waals surface area contributed by atoms with E-state index in [-0.39, 0.29) is 6.61 Å². The molecule has 0 bridgehead atoms. The van der Waals surface area contributed by atoms with Crippen LogP contribution in [0, 0.1) is 10.8 Å². The Morgan fingerprint density at radius 1 is 1.50 bits per heavy atom. The van der Waals surface area contributed by atoms with Crippen molar-refractivity contribution >= 4 is 22.1 Å². The van der Waals surface area contributed by atoms with Crippen LogP contribution in [-0.2, 0) is 9.47 Å². The summed E-state index contributed by atoms with van der Waals surface area (Å²) < 4.78 is 9.43. The average Bonchev–Trinajstić information content (AvgIpc) is 1.84. The molecule has 68 valence electrons. The van der Waals surface area contributed by atoms with Crippen LogP contribution in [0.5, 0.6) is 0 Å². The number of rotatable bonds is 1. The number of hydrogen-bond acceptors (Lipinski definition) is 3. The van der Waals surface area contributed by atoms with Gasteiger partial charge < -0.3 is 9.47 Å². The Hall–Kier alpha value is -0.690. The first-order valence-corrected chi connectivity index (χ1v) is 4.19. The second-order valence-corrected chi connectivity index (χ2v) is 3.42. The SMILES string of the molecule is CC(C)(C)OC(=O)OCC#CBr. The Balaban J connectivity index is 3.66. The van der Waals surface area contributed by atoms with Crippen molar-refractivity contribution in [3.05, 3.63) is 0 Å². The zero-order chi connectivity index (χ0) is 9.61. The number of halogens is 1. The van der Waals surface area contributed by atoms with Crippen LogP contribution in [-0.4, -0.2) is 18.4 Å². The number of carbonyl (C=O) groups is 1. The minimum absolute atomic E-state index is 0.0418. The molecule has 0 saturated heterocycles. The Morgan fingerprint density at radius 2 is 2.08 bits per heavy atom.